The van der Waals surface area contributed by atoms with Gasteiger partial charge in [0, 0.05) is 30.3 Å². The van der Waals surface area contributed by atoms with Crippen LogP contribution in [-0.2, 0) is 16.8 Å². The lowest BCUT2D eigenvalue weighted by Crippen LogP contribution is -2.31. The lowest BCUT2D eigenvalue weighted by atomic mass is 9.92. The summed E-state index contributed by atoms with van der Waals surface area (Å²) < 4.78 is 2.63. The van der Waals surface area contributed by atoms with Crippen LogP contribution in [0, 0.1) is 0 Å². The molecule has 0 aliphatic carbocycles. The van der Waals surface area contributed by atoms with Crippen LogP contribution in [0.5, 0.6) is 0 Å². The molecule has 0 atom stereocenters. The summed E-state index contributed by atoms with van der Waals surface area (Å²) in [5.41, 5.74) is -0.229. The van der Waals surface area contributed by atoms with Gasteiger partial charge in [-0.2, -0.15) is 9.78 Å². The van der Waals surface area contributed by atoms with Crippen LogP contribution < -0.4 is 16.4 Å². The molecule has 0 fully saturated rings. The third kappa shape index (κ3) is 4.20. The van der Waals surface area contributed by atoms with E-state index in [1.165, 1.54) is 4.68 Å². The van der Waals surface area contributed by atoms with Crippen molar-refractivity contribution in [3.05, 3.63) is 75.2 Å². The summed E-state index contributed by atoms with van der Waals surface area (Å²) in [5, 5.41) is 10.5. The van der Waals surface area contributed by atoms with E-state index < -0.39 is 0 Å². The Balaban J connectivity index is 1.57. The van der Waals surface area contributed by atoms with Gasteiger partial charge in [-0.05, 0) is 18.2 Å². The third-order valence-corrected chi connectivity index (χ3v) is 4.93. The van der Waals surface area contributed by atoms with E-state index in [9.17, 15) is 14.4 Å². The number of carbonyl (C=O) groups is 1. The maximum Gasteiger partial charge on any atom is 0.273 e. The Kier molecular flexibility index (Phi) is 5.43. The number of hydrogen-bond donors (Lipinski definition) is 2. The van der Waals surface area contributed by atoms with Gasteiger partial charge >= 0.3 is 0 Å². The van der Waals surface area contributed by atoms with Crippen molar-refractivity contribution in [1.29, 1.82) is 0 Å². The average Bonchev–Trinajstić information content (AvgIpc) is 3.20. The highest BCUT2D eigenvalue weighted by Crippen LogP contribution is 2.25. The van der Waals surface area contributed by atoms with Crippen LogP contribution in [-0.4, -0.2) is 35.4 Å². The maximum absolute atomic E-state index is 12.7. The first-order chi connectivity index (χ1) is 15.2. The minimum Gasteiger partial charge on any atom is -0.310 e. The largest absolute Gasteiger partial charge is 0.310 e. The van der Waals surface area contributed by atoms with Crippen LogP contribution in [0.25, 0.3) is 16.7 Å². The Hall–Kier alpha value is -4.08. The summed E-state index contributed by atoms with van der Waals surface area (Å²) in [7, 11) is 0. The molecule has 3 aromatic heterocycles. The highest BCUT2D eigenvalue weighted by molar-refractivity contribution is 5.90. The number of aryl methyl sites for hydroxylation is 1. The lowest BCUT2D eigenvalue weighted by molar-refractivity contribution is -0.116. The molecule has 4 aromatic rings. The smallest absolute Gasteiger partial charge is 0.273 e. The summed E-state index contributed by atoms with van der Waals surface area (Å²) in [6.07, 6.45) is 3.16. The zero-order chi connectivity index (χ0) is 22.9. The molecule has 32 heavy (non-hydrogen) atoms. The molecule has 2 N–H and O–H groups in total. The molecule has 1 aromatic carbocycles. The molecular formula is C22H23N7O3. The number of aromatic nitrogens is 6. The second kappa shape index (κ2) is 8.22. The Morgan fingerprint density at radius 3 is 2.44 bits per heavy atom. The number of nitrogens with one attached hydrogen (secondary N) is 2. The highest BCUT2D eigenvalue weighted by Gasteiger charge is 2.22. The molecule has 1 amide bonds. The summed E-state index contributed by atoms with van der Waals surface area (Å²) in [4.78, 5) is 46.0. The predicted molar refractivity (Wildman–Crippen MR) is 120 cm³/mol. The van der Waals surface area contributed by atoms with Crippen molar-refractivity contribution in [1.82, 2.24) is 29.5 Å². The van der Waals surface area contributed by atoms with Crippen molar-refractivity contribution in [3.8, 4) is 5.95 Å². The number of H-pyrrole nitrogens is 1. The number of hydrogen-bond acceptors (Lipinski definition) is 6. The first kappa shape index (κ1) is 21.2. The highest BCUT2D eigenvalue weighted by atomic mass is 16.2. The number of nitrogens with zero attached hydrogens (tertiary/aromatic N) is 5. The molecular weight excluding hydrogens is 410 g/mol. The van der Waals surface area contributed by atoms with Crippen molar-refractivity contribution < 1.29 is 4.79 Å². The summed E-state index contributed by atoms with van der Waals surface area (Å²) in [5.74, 6) is 0.405. The van der Waals surface area contributed by atoms with Gasteiger partial charge in [-0.1, -0.05) is 32.9 Å². The quantitative estimate of drug-likeness (QED) is 0.495. The molecule has 0 radical (unpaired) electrons. The van der Waals surface area contributed by atoms with Gasteiger partial charge in [0.25, 0.3) is 17.1 Å². The number of carbonyl (C=O) groups excluding carboxylic acids is 1. The second-order valence-electron chi connectivity index (χ2n) is 8.37. The van der Waals surface area contributed by atoms with Gasteiger partial charge in [0.2, 0.25) is 5.91 Å². The Morgan fingerprint density at radius 2 is 1.75 bits per heavy atom. The van der Waals surface area contributed by atoms with Crippen LogP contribution >= 0.6 is 0 Å². The number of benzene rings is 1. The summed E-state index contributed by atoms with van der Waals surface area (Å²) in [6, 6.07) is 10.0. The predicted octanol–water partition coefficient (Wildman–Crippen LogP) is 1.99. The average molecular weight is 433 g/mol. The Labute approximate surface area is 182 Å². The van der Waals surface area contributed by atoms with Gasteiger partial charge in [-0.15, -0.1) is 0 Å². The molecule has 0 saturated heterocycles. The van der Waals surface area contributed by atoms with E-state index in [1.54, 1.807) is 48.8 Å². The molecule has 0 aliphatic heterocycles. The van der Waals surface area contributed by atoms with E-state index in [-0.39, 0.29) is 35.4 Å². The van der Waals surface area contributed by atoms with E-state index in [2.05, 4.69) is 25.5 Å². The normalized spacial score (nSPS) is 11.6. The van der Waals surface area contributed by atoms with E-state index >= 15 is 0 Å². The van der Waals surface area contributed by atoms with Crippen LogP contribution in [0.15, 0.2) is 58.4 Å². The standard InChI is InChI=1S/C22H23N7O3/c1-22(2,3)16-13-17(29(26-16)21-23-10-6-11-24-21)25-18(30)9-12-28-20(32)15-8-5-4-7-14(15)19(31)27-28/h4-8,10-11,13H,9,12H2,1-3H3,(H,25,30)(H,27,31). The summed E-state index contributed by atoms with van der Waals surface area (Å²) in [6.45, 7) is 6.06. The molecule has 0 bridgehead atoms. The molecule has 164 valence electrons. The van der Waals surface area contributed by atoms with Gasteiger partial charge in [-0.3, -0.25) is 19.5 Å². The fourth-order valence-corrected chi connectivity index (χ4v) is 3.21. The maximum atomic E-state index is 12.7. The van der Waals surface area contributed by atoms with E-state index in [1.807, 2.05) is 20.8 Å². The van der Waals surface area contributed by atoms with Crippen LogP contribution in [0.4, 0.5) is 5.82 Å². The van der Waals surface area contributed by atoms with Crippen molar-refractivity contribution in [2.24, 2.45) is 0 Å². The third-order valence-electron chi connectivity index (χ3n) is 4.93. The Morgan fingerprint density at radius 1 is 1.06 bits per heavy atom. The van der Waals surface area contributed by atoms with Crippen molar-refractivity contribution in [2.45, 2.75) is 39.2 Å². The molecule has 0 aliphatic rings. The van der Waals surface area contributed by atoms with Crippen LogP contribution in [0.2, 0.25) is 0 Å². The number of anilines is 1. The topological polar surface area (TPSA) is 128 Å². The number of rotatable bonds is 5. The number of amides is 1. The minimum absolute atomic E-state index is 0.0207. The zero-order valence-electron chi connectivity index (χ0n) is 18.0. The van der Waals surface area contributed by atoms with E-state index in [0.29, 0.717) is 22.5 Å². The Bertz CT molecular complexity index is 1400. The first-order valence-corrected chi connectivity index (χ1v) is 10.1. The number of fused-ring (bicyclic) bond motifs is 1. The molecule has 3 heterocycles. The van der Waals surface area contributed by atoms with Crippen molar-refractivity contribution in [3.63, 3.8) is 0 Å². The monoisotopic (exact) mass is 433 g/mol. The molecule has 10 nitrogen and oxygen atoms in total. The van der Waals surface area contributed by atoms with E-state index in [0.717, 1.165) is 10.4 Å². The fourth-order valence-electron chi connectivity index (χ4n) is 3.21. The van der Waals surface area contributed by atoms with Crippen LogP contribution in [0.1, 0.15) is 32.9 Å². The van der Waals surface area contributed by atoms with Gasteiger partial charge in [-0.25, -0.2) is 14.6 Å². The zero-order valence-corrected chi connectivity index (χ0v) is 18.0. The van der Waals surface area contributed by atoms with Crippen LogP contribution in [0.3, 0.4) is 0 Å². The SMILES string of the molecule is CC(C)(C)c1cc(NC(=O)CCn2[nH]c(=O)c3ccccc3c2=O)n(-c2ncccn2)n1. The first-order valence-electron chi connectivity index (χ1n) is 10.1. The van der Waals surface area contributed by atoms with E-state index in [4.69, 9.17) is 0 Å². The minimum atomic E-state index is -0.380. The molecule has 4 rings (SSSR count). The summed E-state index contributed by atoms with van der Waals surface area (Å²) >= 11 is 0. The molecule has 10 heteroatoms. The van der Waals surface area contributed by atoms with Crippen molar-refractivity contribution >= 4 is 22.5 Å². The number of aromatic amines is 1. The van der Waals surface area contributed by atoms with Crippen molar-refractivity contribution in [2.75, 3.05) is 5.32 Å². The second-order valence-corrected chi connectivity index (χ2v) is 8.37. The molecule has 0 saturated carbocycles. The molecule has 0 unspecified atom stereocenters. The fraction of sp³-hybridized carbons (Fsp3) is 0.273. The van der Waals surface area contributed by atoms with Gasteiger partial charge in [0.15, 0.2) is 0 Å². The van der Waals surface area contributed by atoms with Gasteiger partial charge in [0.1, 0.15) is 5.82 Å². The molecule has 0 spiro atoms. The van der Waals surface area contributed by atoms with Gasteiger partial charge in [0.05, 0.1) is 23.0 Å². The van der Waals surface area contributed by atoms with Gasteiger partial charge < -0.3 is 5.32 Å². The lowest BCUT2D eigenvalue weighted by Gasteiger charge is -2.13.